The van der Waals surface area contributed by atoms with E-state index in [1.807, 2.05) is 41.9 Å². The molecule has 0 unspecified atom stereocenters. The maximum atomic E-state index is 12.0. The predicted octanol–water partition coefficient (Wildman–Crippen LogP) is 1.49. The summed E-state index contributed by atoms with van der Waals surface area (Å²) in [7, 11) is 1.92. The molecule has 2 heterocycles. The van der Waals surface area contributed by atoms with Crippen LogP contribution in [0.15, 0.2) is 42.9 Å². The van der Waals surface area contributed by atoms with Crippen LogP contribution >= 0.6 is 0 Å². The van der Waals surface area contributed by atoms with Crippen molar-refractivity contribution < 1.29 is 14.6 Å². The average Bonchev–Trinajstić information content (AvgIpc) is 3.06. The minimum atomic E-state index is -0.834. The third kappa shape index (κ3) is 2.69. The summed E-state index contributed by atoms with van der Waals surface area (Å²) < 4.78 is 7.11. The Hall–Kier alpha value is -2.14. The van der Waals surface area contributed by atoms with Gasteiger partial charge >= 0.3 is 5.97 Å². The van der Waals surface area contributed by atoms with Gasteiger partial charge in [0.05, 0.1) is 25.0 Å². The maximum Gasteiger partial charge on any atom is 0.312 e. The quantitative estimate of drug-likeness (QED) is 0.865. The van der Waals surface area contributed by atoms with Gasteiger partial charge in [0.1, 0.15) is 0 Å². The first-order chi connectivity index (χ1) is 10.2. The molecule has 0 amide bonds. The van der Waals surface area contributed by atoms with Gasteiger partial charge in [-0.3, -0.25) is 4.79 Å². The van der Waals surface area contributed by atoms with Crippen LogP contribution in [0.4, 0.5) is 0 Å². The second-order valence-electron chi connectivity index (χ2n) is 5.47. The molecule has 0 spiro atoms. The molecule has 0 radical (unpaired) electrons. The third-order valence-corrected chi connectivity index (χ3v) is 4.09. The summed E-state index contributed by atoms with van der Waals surface area (Å²) in [6.45, 7) is 0.346. The van der Waals surface area contributed by atoms with Gasteiger partial charge in [-0.05, 0) is 12.0 Å². The number of benzene rings is 1. The number of rotatable bonds is 4. The van der Waals surface area contributed by atoms with Crippen LogP contribution in [0.2, 0.25) is 0 Å². The number of ether oxygens (including phenoxy) is 1. The zero-order chi connectivity index (χ0) is 14.8. The molecule has 0 aliphatic carbocycles. The molecule has 3 atom stereocenters. The monoisotopic (exact) mass is 286 g/mol. The topological polar surface area (TPSA) is 64.4 Å². The molecule has 0 bridgehead atoms. The Morgan fingerprint density at radius 2 is 2.19 bits per heavy atom. The lowest BCUT2D eigenvalue weighted by molar-refractivity contribution is -0.144. The molecular weight excluding hydrogens is 268 g/mol. The van der Waals surface area contributed by atoms with Gasteiger partial charge in [-0.15, -0.1) is 0 Å². The lowest BCUT2D eigenvalue weighted by Gasteiger charge is -2.21. The largest absolute Gasteiger partial charge is 0.465 e. The van der Waals surface area contributed by atoms with Crippen LogP contribution in [0.3, 0.4) is 0 Å². The van der Waals surface area contributed by atoms with E-state index in [1.165, 1.54) is 0 Å². The first-order valence-electron chi connectivity index (χ1n) is 7.01. The highest BCUT2D eigenvalue weighted by Crippen LogP contribution is 2.35. The maximum absolute atomic E-state index is 12.0. The number of aryl methyl sites for hydroxylation is 1. The molecular formula is C16H18N2O3. The summed E-state index contributed by atoms with van der Waals surface area (Å²) in [6, 6.07) is 9.26. The number of esters is 1. The molecule has 1 saturated heterocycles. The summed E-state index contributed by atoms with van der Waals surface area (Å²) in [5.74, 6) is -0.885. The summed E-state index contributed by atoms with van der Waals surface area (Å²) in [5.41, 5.74) is 1.78. The Labute approximate surface area is 123 Å². The standard InChI is InChI=1S/C16H18N2O3/c1-18-10-17-8-13(18)7-12-9-21-16(20)14(12)15(19)11-5-3-2-4-6-11/h2-6,8,10,12,14-15,19H,7,9H2,1H3/t12-,14+,15+/m1/s1. The molecule has 2 aromatic rings. The van der Waals surface area contributed by atoms with Gasteiger partial charge in [-0.25, -0.2) is 4.98 Å². The number of carbonyl (C=O) groups excluding carboxylic acids is 1. The van der Waals surface area contributed by atoms with E-state index in [0.717, 1.165) is 11.3 Å². The second kappa shape index (κ2) is 5.69. The molecule has 5 heteroatoms. The van der Waals surface area contributed by atoms with E-state index in [1.54, 1.807) is 12.5 Å². The highest BCUT2D eigenvalue weighted by Gasteiger charge is 2.42. The van der Waals surface area contributed by atoms with Gasteiger partial charge in [0.2, 0.25) is 0 Å². The van der Waals surface area contributed by atoms with Gasteiger partial charge in [-0.2, -0.15) is 0 Å². The fraction of sp³-hybridized carbons (Fsp3) is 0.375. The highest BCUT2D eigenvalue weighted by atomic mass is 16.5. The Balaban J connectivity index is 1.81. The number of aliphatic hydroxyl groups excluding tert-OH is 1. The highest BCUT2D eigenvalue weighted by molar-refractivity contribution is 5.75. The lowest BCUT2D eigenvalue weighted by Crippen LogP contribution is -2.26. The van der Waals surface area contributed by atoms with Crippen LogP contribution in [0.1, 0.15) is 17.4 Å². The summed E-state index contributed by atoms with van der Waals surface area (Å²) in [6.07, 6.45) is 3.35. The first-order valence-corrected chi connectivity index (χ1v) is 7.01. The van der Waals surface area contributed by atoms with Crippen LogP contribution in [0, 0.1) is 11.8 Å². The number of imidazole rings is 1. The van der Waals surface area contributed by atoms with Crippen molar-refractivity contribution in [1.29, 1.82) is 0 Å². The average molecular weight is 286 g/mol. The van der Waals surface area contributed by atoms with Crippen molar-refractivity contribution in [3.8, 4) is 0 Å². The second-order valence-corrected chi connectivity index (χ2v) is 5.47. The number of carbonyl (C=O) groups is 1. The molecule has 3 rings (SSSR count). The molecule has 1 fully saturated rings. The Bertz CT molecular complexity index is 623. The van der Waals surface area contributed by atoms with Crippen LogP contribution in [0.5, 0.6) is 0 Å². The molecule has 1 N–H and O–H groups in total. The molecule has 1 aromatic heterocycles. The van der Waals surface area contributed by atoms with Gasteiger partial charge in [0, 0.05) is 24.9 Å². The van der Waals surface area contributed by atoms with Gasteiger partial charge in [0.15, 0.2) is 0 Å². The van der Waals surface area contributed by atoms with E-state index in [-0.39, 0.29) is 11.9 Å². The van der Waals surface area contributed by atoms with Crippen molar-refractivity contribution in [2.45, 2.75) is 12.5 Å². The van der Waals surface area contributed by atoms with Crippen molar-refractivity contribution >= 4 is 5.97 Å². The van der Waals surface area contributed by atoms with Gasteiger partial charge in [0.25, 0.3) is 0 Å². The Morgan fingerprint density at radius 3 is 2.86 bits per heavy atom. The van der Waals surface area contributed by atoms with Crippen molar-refractivity contribution in [3.05, 3.63) is 54.1 Å². The molecule has 1 aliphatic rings. The van der Waals surface area contributed by atoms with Gasteiger partial charge < -0.3 is 14.4 Å². The van der Waals surface area contributed by atoms with Crippen molar-refractivity contribution in [3.63, 3.8) is 0 Å². The molecule has 5 nitrogen and oxygen atoms in total. The Morgan fingerprint density at radius 1 is 1.43 bits per heavy atom. The number of hydrogen-bond acceptors (Lipinski definition) is 4. The van der Waals surface area contributed by atoms with Crippen molar-refractivity contribution in [2.75, 3.05) is 6.61 Å². The minimum Gasteiger partial charge on any atom is -0.465 e. The number of aliphatic hydroxyl groups is 1. The van der Waals surface area contributed by atoms with Crippen LogP contribution in [0.25, 0.3) is 0 Å². The molecule has 1 aromatic carbocycles. The minimum absolute atomic E-state index is 0.0388. The number of hydrogen-bond donors (Lipinski definition) is 1. The number of nitrogens with zero attached hydrogens (tertiary/aromatic N) is 2. The molecule has 0 saturated carbocycles. The first kappa shape index (κ1) is 13.8. The van der Waals surface area contributed by atoms with Gasteiger partial charge in [-0.1, -0.05) is 30.3 Å². The zero-order valence-electron chi connectivity index (χ0n) is 11.8. The normalized spacial score (nSPS) is 23.0. The van der Waals surface area contributed by atoms with E-state index in [4.69, 9.17) is 4.74 Å². The van der Waals surface area contributed by atoms with E-state index in [9.17, 15) is 9.90 Å². The summed E-state index contributed by atoms with van der Waals surface area (Å²) >= 11 is 0. The van der Waals surface area contributed by atoms with E-state index in [2.05, 4.69) is 4.98 Å². The fourth-order valence-electron chi connectivity index (χ4n) is 2.86. The van der Waals surface area contributed by atoms with Crippen molar-refractivity contribution in [1.82, 2.24) is 9.55 Å². The summed E-state index contributed by atoms with van der Waals surface area (Å²) in [5, 5.41) is 10.5. The number of aromatic nitrogens is 2. The molecule has 1 aliphatic heterocycles. The zero-order valence-corrected chi connectivity index (χ0v) is 11.8. The molecule has 21 heavy (non-hydrogen) atoms. The fourth-order valence-corrected chi connectivity index (χ4v) is 2.86. The molecule has 110 valence electrons. The van der Waals surface area contributed by atoms with Crippen molar-refractivity contribution in [2.24, 2.45) is 18.9 Å². The van der Waals surface area contributed by atoms with E-state index in [0.29, 0.717) is 13.0 Å². The van der Waals surface area contributed by atoms with Crippen LogP contribution in [-0.2, 0) is 23.0 Å². The van der Waals surface area contributed by atoms with Crippen LogP contribution in [-0.4, -0.2) is 27.2 Å². The number of cyclic esters (lactones) is 1. The van der Waals surface area contributed by atoms with E-state index >= 15 is 0 Å². The van der Waals surface area contributed by atoms with Crippen LogP contribution < -0.4 is 0 Å². The Kier molecular flexibility index (Phi) is 3.75. The predicted molar refractivity (Wildman–Crippen MR) is 76.3 cm³/mol. The smallest absolute Gasteiger partial charge is 0.312 e. The third-order valence-electron chi connectivity index (χ3n) is 4.09. The lowest BCUT2D eigenvalue weighted by atomic mass is 9.84. The SMILES string of the molecule is Cn1cncc1C[C@@H]1COC(=O)[C@@H]1[C@@H](O)c1ccccc1. The summed E-state index contributed by atoms with van der Waals surface area (Å²) in [4.78, 5) is 16.1. The van der Waals surface area contributed by atoms with E-state index < -0.39 is 12.0 Å².